The van der Waals surface area contributed by atoms with Crippen molar-refractivity contribution in [3.05, 3.63) is 33.3 Å². The first kappa shape index (κ1) is 12.2. The van der Waals surface area contributed by atoms with Crippen LogP contribution in [0.5, 0.6) is 0 Å². The molecule has 0 bridgehead atoms. The van der Waals surface area contributed by atoms with Gasteiger partial charge in [-0.3, -0.25) is 10.1 Å². The van der Waals surface area contributed by atoms with Crippen LogP contribution >= 0.6 is 11.6 Å². The van der Waals surface area contributed by atoms with E-state index in [0.717, 1.165) is 6.42 Å². The lowest BCUT2D eigenvalue weighted by Crippen LogP contribution is -2.20. The molecule has 0 aliphatic heterocycles. The highest BCUT2D eigenvalue weighted by Gasteiger charge is 2.30. The molecule has 0 radical (unpaired) electrons. The van der Waals surface area contributed by atoms with E-state index in [0.29, 0.717) is 22.7 Å². The summed E-state index contributed by atoms with van der Waals surface area (Å²) in [7, 11) is 0. The van der Waals surface area contributed by atoms with E-state index in [1.165, 1.54) is 25.0 Å². The van der Waals surface area contributed by atoms with Gasteiger partial charge in [0.2, 0.25) is 0 Å². The minimum absolute atomic E-state index is 0.0718. The van der Waals surface area contributed by atoms with Crippen LogP contribution in [0.25, 0.3) is 0 Å². The molecule has 1 atom stereocenters. The van der Waals surface area contributed by atoms with Crippen LogP contribution in [0.2, 0.25) is 5.02 Å². The smallest absolute Gasteiger partial charge is 0.271 e. The lowest BCUT2D eigenvalue weighted by molar-refractivity contribution is -0.384. The Morgan fingerprint density at radius 3 is 2.82 bits per heavy atom. The molecular weight excluding hydrogens is 240 g/mol. The molecule has 0 saturated heterocycles. The van der Waals surface area contributed by atoms with Gasteiger partial charge >= 0.3 is 0 Å². The molecule has 1 aliphatic rings. The molecule has 0 heterocycles. The zero-order chi connectivity index (χ0) is 12.4. The molecule has 17 heavy (non-hydrogen) atoms. The van der Waals surface area contributed by atoms with Gasteiger partial charge in [0, 0.05) is 18.2 Å². The number of hydrogen-bond acceptors (Lipinski definition) is 3. The summed E-state index contributed by atoms with van der Waals surface area (Å²) in [5.41, 5.74) is 0.738. The number of rotatable bonds is 5. The van der Waals surface area contributed by atoms with Gasteiger partial charge in [-0.1, -0.05) is 18.5 Å². The van der Waals surface area contributed by atoms with E-state index < -0.39 is 4.92 Å². The Balaban J connectivity index is 2.18. The summed E-state index contributed by atoms with van der Waals surface area (Å²) in [4.78, 5) is 10.3. The molecule has 0 amide bonds. The van der Waals surface area contributed by atoms with Crippen molar-refractivity contribution in [3.63, 3.8) is 0 Å². The molecule has 1 aliphatic carbocycles. The molecule has 92 valence electrons. The third-order valence-corrected chi connectivity index (χ3v) is 3.46. The summed E-state index contributed by atoms with van der Waals surface area (Å²) in [6, 6.07) is 4.87. The van der Waals surface area contributed by atoms with Gasteiger partial charge in [0.25, 0.3) is 5.69 Å². The van der Waals surface area contributed by atoms with Crippen LogP contribution in [0.15, 0.2) is 18.2 Å². The molecule has 1 unspecified atom stereocenters. The van der Waals surface area contributed by atoms with E-state index in [2.05, 4.69) is 12.2 Å². The van der Waals surface area contributed by atoms with E-state index in [9.17, 15) is 10.1 Å². The number of anilines is 1. The highest BCUT2D eigenvalue weighted by molar-refractivity contribution is 6.33. The third-order valence-electron chi connectivity index (χ3n) is 3.13. The van der Waals surface area contributed by atoms with Crippen LogP contribution < -0.4 is 5.32 Å². The third kappa shape index (κ3) is 2.88. The van der Waals surface area contributed by atoms with Crippen LogP contribution in [0, 0.1) is 16.0 Å². The van der Waals surface area contributed by atoms with Gasteiger partial charge in [0.1, 0.15) is 0 Å². The van der Waals surface area contributed by atoms with E-state index in [-0.39, 0.29) is 5.69 Å². The first-order valence-electron chi connectivity index (χ1n) is 5.82. The minimum atomic E-state index is -0.403. The maximum atomic E-state index is 10.7. The first-order chi connectivity index (χ1) is 8.11. The van der Waals surface area contributed by atoms with Gasteiger partial charge in [0.05, 0.1) is 15.6 Å². The van der Waals surface area contributed by atoms with Crippen molar-refractivity contribution >= 4 is 23.0 Å². The van der Waals surface area contributed by atoms with Crippen LogP contribution in [-0.4, -0.2) is 11.0 Å². The van der Waals surface area contributed by atoms with Crippen molar-refractivity contribution in [2.75, 3.05) is 5.32 Å². The molecule has 0 spiro atoms. The second-order valence-electron chi connectivity index (χ2n) is 4.42. The maximum absolute atomic E-state index is 10.7. The summed E-state index contributed by atoms with van der Waals surface area (Å²) in [6.45, 7) is 2.11. The Kier molecular flexibility index (Phi) is 3.52. The van der Waals surface area contributed by atoms with Gasteiger partial charge in [-0.2, -0.15) is 0 Å². The highest BCUT2D eigenvalue weighted by atomic mass is 35.5. The topological polar surface area (TPSA) is 55.2 Å². The molecule has 2 rings (SSSR count). The zero-order valence-corrected chi connectivity index (χ0v) is 10.4. The molecule has 1 saturated carbocycles. The number of non-ortho nitro benzene ring substituents is 1. The van der Waals surface area contributed by atoms with Gasteiger partial charge in [-0.05, 0) is 31.2 Å². The van der Waals surface area contributed by atoms with E-state index in [4.69, 9.17) is 11.6 Å². The number of halogens is 1. The van der Waals surface area contributed by atoms with E-state index in [1.54, 1.807) is 6.07 Å². The normalized spacial score (nSPS) is 16.6. The van der Waals surface area contributed by atoms with E-state index in [1.807, 2.05) is 0 Å². The number of nitrogens with zero attached hydrogens (tertiary/aromatic N) is 1. The van der Waals surface area contributed by atoms with Crippen molar-refractivity contribution in [2.24, 2.45) is 5.92 Å². The number of hydrogen-bond donors (Lipinski definition) is 1. The first-order valence-corrected chi connectivity index (χ1v) is 6.20. The predicted molar refractivity (Wildman–Crippen MR) is 68.5 cm³/mol. The summed E-state index contributed by atoms with van der Waals surface area (Å²) >= 11 is 6.04. The minimum Gasteiger partial charge on any atom is -0.381 e. The van der Waals surface area contributed by atoms with Gasteiger partial charge in [-0.15, -0.1) is 0 Å². The summed E-state index contributed by atoms with van der Waals surface area (Å²) < 4.78 is 0. The fourth-order valence-corrected chi connectivity index (χ4v) is 2.16. The SMILES string of the molecule is CCC(Nc1cc([N+](=O)[O-])ccc1Cl)C1CC1. The van der Waals surface area contributed by atoms with Crippen molar-refractivity contribution in [1.29, 1.82) is 0 Å². The summed E-state index contributed by atoms with van der Waals surface area (Å²) in [5.74, 6) is 0.690. The summed E-state index contributed by atoms with van der Waals surface area (Å²) in [6.07, 6.45) is 3.47. The fourth-order valence-electron chi connectivity index (χ4n) is 1.99. The molecule has 4 nitrogen and oxygen atoms in total. The largest absolute Gasteiger partial charge is 0.381 e. The Hall–Kier alpha value is -1.29. The van der Waals surface area contributed by atoms with Crippen LogP contribution in [0.3, 0.4) is 0 Å². The van der Waals surface area contributed by atoms with Crippen LogP contribution in [0.1, 0.15) is 26.2 Å². The Labute approximate surface area is 105 Å². The lowest BCUT2D eigenvalue weighted by Gasteiger charge is -2.18. The van der Waals surface area contributed by atoms with Crippen molar-refractivity contribution in [1.82, 2.24) is 0 Å². The Morgan fingerprint density at radius 1 is 1.59 bits per heavy atom. The standard InChI is InChI=1S/C12H15ClN2O2/c1-2-11(8-3-4-8)14-12-7-9(15(16)17)5-6-10(12)13/h5-8,11,14H,2-4H2,1H3. The van der Waals surface area contributed by atoms with E-state index >= 15 is 0 Å². The van der Waals surface area contributed by atoms with Gasteiger partial charge in [0.15, 0.2) is 0 Å². The highest BCUT2D eigenvalue weighted by Crippen LogP contribution is 2.37. The van der Waals surface area contributed by atoms with Crippen LogP contribution in [0.4, 0.5) is 11.4 Å². The number of nitro benzene ring substituents is 1. The second-order valence-corrected chi connectivity index (χ2v) is 4.82. The Morgan fingerprint density at radius 2 is 2.29 bits per heavy atom. The lowest BCUT2D eigenvalue weighted by atomic mass is 10.1. The molecule has 1 aromatic rings. The summed E-state index contributed by atoms with van der Waals surface area (Å²) in [5, 5.41) is 14.6. The number of nitro groups is 1. The average molecular weight is 255 g/mol. The molecule has 1 aromatic carbocycles. The van der Waals surface area contributed by atoms with Crippen molar-refractivity contribution < 1.29 is 4.92 Å². The van der Waals surface area contributed by atoms with Gasteiger partial charge < -0.3 is 5.32 Å². The molecular formula is C12H15ClN2O2. The molecule has 1 fully saturated rings. The second kappa shape index (κ2) is 4.92. The zero-order valence-electron chi connectivity index (χ0n) is 9.65. The van der Waals surface area contributed by atoms with Gasteiger partial charge in [-0.25, -0.2) is 0 Å². The molecule has 5 heteroatoms. The van der Waals surface area contributed by atoms with Crippen molar-refractivity contribution in [3.8, 4) is 0 Å². The predicted octanol–water partition coefficient (Wildman–Crippen LogP) is 3.85. The molecule has 0 aromatic heterocycles. The van der Waals surface area contributed by atoms with Crippen molar-refractivity contribution in [2.45, 2.75) is 32.2 Å². The number of nitrogens with one attached hydrogen (secondary N) is 1. The molecule has 1 N–H and O–H groups in total. The number of benzene rings is 1. The van der Waals surface area contributed by atoms with Crippen LogP contribution in [-0.2, 0) is 0 Å². The quantitative estimate of drug-likeness (QED) is 0.641. The monoisotopic (exact) mass is 254 g/mol. The maximum Gasteiger partial charge on any atom is 0.271 e. The fraction of sp³-hybridized carbons (Fsp3) is 0.500. The Bertz CT molecular complexity index is 433. The average Bonchev–Trinajstić information content (AvgIpc) is 3.11.